The molecule has 3 saturated heterocycles. The number of hydrogen-bond donors (Lipinski definition) is 13. The summed E-state index contributed by atoms with van der Waals surface area (Å²) in [6, 6.07) is 6.03. The van der Waals surface area contributed by atoms with Gasteiger partial charge in [0.25, 0.3) is 0 Å². The summed E-state index contributed by atoms with van der Waals surface area (Å²) in [5.41, 5.74) is -1.27. The Kier molecular flexibility index (Phi) is 11.6. The smallest absolute Gasteiger partial charge is 0.335 e. The highest BCUT2D eigenvalue weighted by Crippen LogP contribution is 2.38. The number of carbonyl (C=O) groups is 3. The van der Waals surface area contributed by atoms with E-state index in [1.807, 2.05) is 0 Å². The van der Waals surface area contributed by atoms with Crippen molar-refractivity contribution in [2.75, 3.05) is 0 Å². The topological polar surface area (TPSA) is 400 Å². The maximum Gasteiger partial charge on any atom is 0.335 e. The lowest BCUT2D eigenvalue weighted by Crippen LogP contribution is -2.66. The first-order valence-corrected chi connectivity index (χ1v) is 16.5. The van der Waals surface area contributed by atoms with Crippen LogP contribution in [0.25, 0.3) is 22.3 Å². The van der Waals surface area contributed by atoms with Crippen LogP contribution in [0.1, 0.15) is 0 Å². The predicted molar refractivity (Wildman–Crippen MR) is 174 cm³/mol. The molecule has 0 saturated carbocycles. The van der Waals surface area contributed by atoms with E-state index < -0.39 is 149 Å². The van der Waals surface area contributed by atoms with Gasteiger partial charge in [0.15, 0.2) is 47.6 Å². The molecule has 57 heavy (non-hydrogen) atoms. The van der Waals surface area contributed by atoms with Crippen LogP contribution >= 0.6 is 0 Å². The van der Waals surface area contributed by atoms with Gasteiger partial charge < -0.3 is 99.2 Å². The first-order chi connectivity index (χ1) is 26.8. The van der Waals surface area contributed by atoms with Crippen molar-refractivity contribution in [3.05, 3.63) is 46.6 Å². The number of benzene rings is 2. The number of aliphatic hydroxyl groups excluding tert-OH is 8. The van der Waals surface area contributed by atoms with Crippen LogP contribution in [-0.4, -0.2) is 176 Å². The van der Waals surface area contributed by atoms with E-state index in [1.165, 1.54) is 6.07 Å². The zero-order valence-corrected chi connectivity index (χ0v) is 28.4. The number of rotatable bonds is 10. The molecule has 0 aliphatic carbocycles. The lowest BCUT2D eigenvalue weighted by molar-refractivity contribution is -0.350. The summed E-state index contributed by atoms with van der Waals surface area (Å²) in [7, 11) is 0. The molecule has 3 aliphatic rings. The van der Waals surface area contributed by atoms with E-state index in [-0.39, 0.29) is 11.3 Å². The number of aliphatic carboxylic acids is 3. The third kappa shape index (κ3) is 7.89. The second-order valence-electron chi connectivity index (χ2n) is 13.0. The summed E-state index contributed by atoms with van der Waals surface area (Å²) in [6.07, 6.45) is -31.5. The molecule has 0 unspecified atom stereocenters. The molecule has 3 aliphatic heterocycles. The van der Waals surface area contributed by atoms with Crippen LogP contribution in [0.2, 0.25) is 0 Å². The van der Waals surface area contributed by atoms with Gasteiger partial charge in [0, 0.05) is 23.8 Å². The highest BCUT2D eigenvalue weighted by molar-refractivity contribution is 5.86. The highest BCUT2D eigenvalue weighted by atomic mass is 16.8. The molecule has 4 heterocycles. The molecule has 3 aromatic rings. The number of carboxylic acids is 3. The van der Waals surface area contributed by atoms with Gasteiger partial charge in [-0.05, 0) is 18.2 Å². The average molecular weight is 815 g/mol. The molecule has 6 rings (SSSR count). The molecular formula is C33H34O24. The van der Waals surface area contributed by atoms with Gasteiger partial charge in [0.1, 0.15) is 77.1 Å². The first kappa shape index (κ1) is 41.4. The number of ether oxygens (including phenoxy) is 6. The van der Waals surface area contributed by atoms with Crippen LogP contribution in [0.3, 0.4) is 0 Å². The second-order valence-corrected chi connectivity index (χ2v) is 13.0. The van der Waals surface area contributed by atoms with Gasteiger partial charge in [-0.25, -0.2) is 14.4 Å². The molecule has 1 aromatic heterocycles. The summed E-state index contributed by atoms with van der Waals surface area (Å²) < 4.78 is 37.7. The van der Waals surface area contributed by atoms with Gasteiger partial charge >= 0.3 is 17.9 Å². The van der Waals surface area contributed by atoms with Crippen molar-refractivity contribution >= 4 is 28.9 Å². The second kappa shape index (κ2) is 16.0. The molecule has 3 fully saturated rings. The van der Waals surface area contributed by atoms with Crippen LogP contribution in [0, 0.1) is 0 Å². The van der Waals surface area contributed by atoms with E-state index in [9.17, 15) is 85.6 Å². The fourth-order valence-corrected chi connectivity index (χ4v) is 6.23. The van der Waals surface area contributed by atoms with Crippen molar-refractivity contribution in [2.24, 2.45) is 0 Å². The predicted octanol–water partition coefficient (Wildman–Crippen LogP) is -4.67. The Bertz CT molecular complexity index is 2070. The van der Waals surface area contributed by atoms with E-state index in [2.05, 4.69) is 0 Å². The summed E-state index contributed by atoms with van der Waals surface area (Å²) in [4.78, 5) is 48.0. The van der Waals surface area contributed by atoms with Crippen LogP contribution < -0.4 is 14.9 Å². The largest absolute Gasteiger partial charge is 0.507 e. The Balaban J connectivity index is 1.28. The summed E-state index contributed by atoms with van der Waals surface area (Å²) in [6.45, 7) is 0. The Morgan fingerprint density at radius 2 is 1.09 bits per heavy atom. The van der Waals surface area contributed by atoms with Crippen molar-refractivity contribution in [1.29, 1.82) is 0 Å². The molecule has 0 amide bonds. The zero-order chi connectivity index (χ0) is 41.8. The summed E-state index contributed by atoms with van der Waals surface area (Å²) >= 11 is 0. The molecule has 24 nitrogen and oxygen atoms in total. The molecule has 310 valence electrons. The van der Waals surface area contributed by atoms with Crippen LogP contribution in [0.15, 0.2) is 45.6 Å². The quantitative estimate of drug-likeness (QED) is 0.0914. The maximum absolute atomic E-state index is 13.1. The van der Waals surface area contributed by atoms with Crippen molar-refractivity contribution in [1.82, 2.24) is 0 Å². The molecule has 0 bridgehead atoms. The average Bonchev–Trinajstić information content (AvgIpc) is 3.14. The van der Waals surface area contributed by atoms with Crippen molar-refractivity contribution in [3.8, 4) is 34.3 Å². The van der Waals surface area contributed by atoms with Gasteiger partial charge in [-0.2, -0.15) is 0 Å². The molecule has 13 N–H and O–H groups in total. The van der Waals surface area contributed by atoms with Gasteiger partial charge in [-0.1, -0.05) is 0 Å². The number of aromatic hydroxyl groups is 2. The zero-order valence-electron chi connectivity index (χ0n) is 28.4. The summed E-state index contributed by atoms with van der Waals surface area (Å²) in [5, 5.41) is 131. The number of phenols is 2. The number of fused-ring (bicyclic) bond motifs is 1. The minimum Gasteiger partial charge on any atom is -0.507 e. The Hall–Kier alpha value is -5.22. The number of carboxylic acid groups (broad SMARTS) is 3. The third-order valence-corrected chi connectivity index (χ3v) is 9.23. The molecule has 2 aromatic carbocycles. The van der Waals surface area contributed by atoms with E-state index in [1.54, 1.807) is 0 Å². The Morgan fingerprint density at radius 3 is 1.65 bits per heavy atom. The van der Waals surface area contributed by atoms with Gasteiger partial charge in [0.2, 0.25) is 12.6 Å². The van der Waals surface area contributed by atoms with Crippen LogP contribution in [-0.2, 0) is 33.3 Å². The van der Waals surface area contributed by atoms with Crippen LogP contribution in [0.5, 0.6) is 23.0 Å². The fraction of sp³-hybridized carbons (Fsp3) is 0.455. The Morgan fingerprint density at radius 1 is 0.561 bits per heavy atom. The van der Waals surface area contributed by atoms with E-state index >= 15 is 0 Å². The molecule has 0 spiro atoms. The first-order valence-electron chi connectivity index (χ1n) is 16.5. The molecule has 24 heteroatoms. The standard InChI is InChI=1S/C33H34O24/c34-9-3-7(1-2-12(9)53-31-22(43)16(37)18(39)24(54-31)28(45)46)13-6-11(36)15-10(35)4-8(5-14(15)52-13)51-33-27(21(42)20(41)26(56-33)30(49)50)57-32-23(44)17(38)19(40)25(55-32)29(47)48/h1-6,16-27,31-35,37-44H,(H,45,46)(H,47,48)(H,49,50)/t16-,17-,18-,19-,20-,21-,22+,23+,24-,25-,26-,27+,31+,32-,33+/m0/s1. The van der Waals surface area contributed by atoms with Crippen molar-refractivity contribution in [2.45, 2.75) is 92.1 Å². The monoisotopic (exact) mass is 814 g/mol. The number of hydrogen-bond acceptors (Lipinski definition) is 21. The van der Waals surface area contributed by atoms with Crippen molar-refractivity contribution < 1.29 is 114 Å². The lowest BCUT2D eigenvalue weighted by atomic mass is 9.97. The molecule has 15 atom stereocenters. The fourth-order valence-electron chi connectivity index (χ4n) is 6.23. The molecular weight excluding hydrogens is 780 g/mol. The number of phenolic OH excluding ortho intramolecular Hbond substituents is 2. The van der Waals surface area contributed by atoms with E-state index in [0.29, 0.717) is 0 Å². The molecule has 0 radical (unpaired) electrons. The van der Waals surface area contributed by atoms with Gasteiger partial charge in [-0.3, -0.25) is 4.79 Å². The lowest BCUT2D eigenvalue weighted by Gasteiger charge is -2.44. The SMILES string of the molecule is O=C(O)[C@H]1O[C@@H](Oc2ccc(-c3cc(=O)c4c(O)cc(O[C@@H]5O[C@H](C(=O)O)[C@@H](O)[C@H](O)[C@H]5O[C@@H]5O[C@H](C(=O)O)[C@@H](O)[C@H](O)[C@H]5O)cc4o3)cc2O)[C@H](O)[C@@H](O)[C@@H]1O. The van der Waals surface area contributed by atoms with Gasteiger partial charge in [-0.15, -0.1) is 0 Å². The van der Waals surface area contributed by atoms with E-state index in [4.69, 9.17) is 32.8 Å². The minimum atomic E-state index is -2.24. The van der Waals surface area contributed by atoms with E-state index in [0.717, 1.165) is 30.3 Å². The van der Waals surface area contributed by atoms with Gasteiger partial charge in [0.05, 0.1) is 0 Å². The Labute approximate surface area is 315 Å². The highest BCUT2D eigenvalue weighted by Gasteiger charge is 2.54. The van der Waals surface area contributed by atoms with Crippen LogP contribution in [0.4, 0.5) is 0 Å². The number of aliphatic hydroxyl groups is 8. The third-order valence-electron chi connectivity index (χ3n) is 9.23. The normalized spacial score (nSPS) is 35.7. The maximum atomic E-state index is 13.1. The summed E-state index contributed by atoms with van der Waals surface area (Å²) in [5.74, 6) is -7.88. The minimum absolute atomic E-state index is 0.0165. The van der Waals surface area contributed by atoms with Crippen molar-refractivity contribution in [3.63, 3.8) is 0 Å².